The highest BCUT2D eigenvalue weighted by Crippen LogP contribution is 2.31. The molecular formula is C14H19FN2O. The van der Waals surface area contributed by atoms with E-state index in [-0.39, 0.29) is 11.9 Å². The smallest absolute Gasteiger partial charge is 0.124 e. The van der Waals surface area contributed by atoms with Crippen molar-refractivity contribution < 1.29 is 9.13 Å². The normalized spacial score (nSPS) is 18.3. The van der Waals surface area contributed by atoms with Gasteiger partial charge in [-0.15, -0.1) is 6.58 Å². The van der Waals surface area contributed by atoms with Crippen molar-refractivity contribution in [3.05, 3.63) is 42.2 Å². The van der Waals surface area contributed by atoms with Gasteiger partial charge < -0.3 is 10.1 Å². The van der Waals surface area contributed by atoms with Gasteiger partial charge in [0, 0.05) is 31.7 Å². The van der Waals surface area contributed by atoms with E-state index >= 15 is 0 Å². The molecule has 1 N–H and O–H groups in total. The van der Waals surface area contributed by atoms with Crippen LogP contribution >= 0.6 is 0 Å². The fourth-order valence-electron chi connectivity index (χ4n) is 2.37. The summed E-state index contributed by atoms with van der Waals surface area (Å²) in [5.74, 6) is 0.465. The Bertz CT molecular complexity index is 416. The van der Waals surface area contributed by atoms with E-state index in [1.807, 2.05) is 6.08 Å². The van der Waals surface area contributed by atoms with E-state index in [0.717, 1.165) is 31.7 Å². The highest BCUT2D eigenvalue weighted by molar-refractivity contribution is 5.38. The first kappa shape index (κ1) is 13.1. The van der Waals surface area contributed by atoms with E-state index in [1.54, 1.807) is 13.2 Å². The van der Waals surface area contributed by atoms with Gasteiger partial charge in [0.05, 0.1) is 13.2 Å². The first-order valence-electron chi connectivity index (χ1n) is 6.17. The van der Waals surface area contributed by atoms with Crippen LogP contribution in [0, 0.1) is 5.82 Å². The molecule has 18 heavy (non-hydrogen) atoms. The van der Waals surface area contributed by atoms with E-state index in [1.165, 1.54) is 12.1 Å². The molecule has 1 aromatic rings. The fraction of sp³-hybridized carbons (Fsp3) is 0.429. The fourth-order valence-corrected chi connectivity index (χ4v) is 2.37. The number of halogens is 1. The molecule has 1 heterocycles. The lowest BCUT2D eigenvalue weighted by Crippen LogP contribution is -2.44. The lowest BCUT2D eigenvalue weighted by Gasteiger charge is -2.34. The molecule has 0 unspecified atom stereocenters. The standard InChI is InChI=1S/C14H19FN2O/c1-3-13(17-8-6-16-7-9-17)12-10-11(15)4-5-14(12)18-2/h3-5,10,13,16H,1,6-9H2,2H3/t13-/m1/s1. The summed E-state index contributed by atoms with van der Waals surface area (Å²) in [6.07, 6.45) is 1.85. The van der Waals surface area contributed by atoms with Crippen molar-refractivity contribution in [1.82, 2.24) is 10.2 Å². The maximum absolute atomic E-state index is 13.4. The predicted octanol–water partition coefficient (Wildman–Crippen LogP) is 1.97. The van der Waals surface area contributed by atoms with Gasteiger partial charge in [-0.25, -0.2) is 4.39 Å². The van der Waals surface area contributed by atoms with Gasteiger partial charge in [-0.2, -0.15) is 0 Å². The van der Waals surface area contributed by atoms with Crippen molar-refractivity contribution in [2.24, 2.45) is 0 Å². The van der Waals surface area contributed by atoms with Crippen LogP contribution in [0.3, 0.4) is 0 Å². The van der Waals surface area contributed by atoms with Gasteiger partial charge in [0.15, 0.2) is 0 Å². The second-order valence-electron chi connectivity index (χ2n) is 4.35. The molecule has 1 aromatic carbocycles. The molecule has 0 amide bonds. The molecule has 0 aliphatic carbocycles. The third kappa shape index (κ3) is 2.71. The zero-order chi connectivity index (χ0) is 13.0. The zero-order valence-corrected chi connectivity index (χ0v) is 10.7. The number of benzene rings is 1. The highest BCUT2D eigenvalue weighted by Gasteiger charge is 2.22. The Kier molecular flexibility index (Phi) is 4.33. The van der Waals surface area contributed by atoms with Crippen LogP contribution in [0.15, 0.2) is 30.9 Å². The number of piperazine rings is 1. The van der Waals surface area contributed by atoms with Gasteiger partial charge in [0.2, 0.25) is 0 Å². The zero-order valence-electron chi connectivity index (χ0n) is 10.7. The van der Waals surface area contributed by atoms with E-state index in [4.69, 9.17) is 4.74 Å². The van der Waals surface area contributed by atoms with Crippen molar-refractivity contribution in [2.45, 2.75) is 6.04 Å². The van der Waals surface area contributed by atoms with E-state index in [9.17, 15) is 4.39 Å². The summed E-state index contributed by atoms with van der Waals surface area (Å²) in [5, 5.41) is 3.30. The molecule has 1 saturated heterocycles. The lowest BCUT2D eigenvalue weighted by molar-refractivity contribution is 0.200. The quantitative estimate of drug-likeness (QED) is 0.827. The number of rotatable bonds is 4. The van der Waals surface area contributed by atoms with Crippen molar-refractivity contribution >= 4 is 0 Å². The average Bonchev–Trinajstić information content (AvgIpc) is 2.41. The lowest BCUT2D eigenvalue weighted by atomic mass is 10.0. The van der Waals surface area contributed by atoms with Crippen LogP contribution in [0.1, 0.15) is 11.6 Å². The minimum atomic E-state index is -0.243. The summed E-state index contributed by atoms with van der Waals surface area (Å²) < 4.78 is 18.7. The maximum Gasteiger partial charge on any atom is 0.124 e. The Morgan fingerprint density at radius 3 is 2.78 bits per heavy atom. The molecule has 4 heteroatoms. The van der Waals surface area contributed by atoms with Gasteiger partial charge in [0.25, 0.3) is 0 Å². The molecule has 3 nitrogen and oxygen atoms in total. The minimum absolute atomic E-state index is 0.00208. The van der Waals surface area contributed by atoms with Gasteiger partial charge >= 0.3 is 0 Å². The van der Waals surface area contributed by atoms with Gasteiger partial charge in [-0.05, 0) is 18.2 Å². The van der Waals surface area contributed by atoms with Crippen LogP contribution in [0.5, 0.6) is 5.75 Å². The molecule has 0 spiro atoms. The first-order valence-corrected chi connectivity index (χ1v) is 6.17. The van der Waals surface area contributed by atoms with E-state index in [2.05, 4.69) is 16.8 Å². The number of methoxy groups -OCH3 is 1. The summed E-state index contributed by atoms with van der Waals surface area (Å²) in [5.41, 5.74) is 0.842. The molecule has 2 rings (SSSR count). The second kappa shape index (κ2) is 5.98. The third-order valence-electron chi connectivity index (χ3n) is 3.28. The summed E-state index contributed by atoms with van der Waals surface area (Å²) >= 11 is 0. The van der Waals surface area contributed by atoms with Crippen molar-refractivity contribution in [2.75, 3.05) is 33.3 Å². The summed E-state index contributed by atoms with van der Waals surface area (Å²) in [6, 6.07) is 4.62. The maximum atomic E-state index is 13.4. The third-order valence-corrected chi connectivity index (χ3v) is 3.28. The molecule has 0 bridgehead atoms. The van der Waals surface area contributed by atoms with Crippen LogP contribution in [-0.2, 0) is 0 Å². The Balaban J connectivity index is 2.30. The molecule has 0 radical (unpaired) electrons. The minimum Gasteiger partial charge on any atom is -0.496 e. The summed E-state index contributed by atoms with van der Waals surface area (Å²) in [7, 11) is 1.61. The number of hydrogen-bond acceptors (Lipinski definition) is 3. The van der Waals surface area contributed by atoms with E-state index < -0.39 is 0 Å². The van der Waals surface area contributed by atoms with Crippen LogP contribution in [0.4, 0.5) is 4.39 Å². The Morgan fingerprint density at radius 1 is 1.44 bits per heavy atom. The molecule has 1 aliphatic heterocycles. The molecule has 0 saturated carbocycles. The van der Waals surface area contributed by atoms with Crippen LogP contribution in [-0.4, -0.2) is 38.2 Å². The largest absolute Gasteiger partial charge is 0.496 e. The SMILES string of the molecule is C=C[C@H](c1cc(F)ccc1OC)N1CCNCC1. The van der Waals surface area contributed by atoms with E-state index in [0.29, 0.717) is 5.75 Å². The number of nitrogens with zero attached hydrogens (tertiary/aromatic N) is 1. The Labute approximate surface area is 107 Å². The van der Waals surface area contributed by atoms with Crippen LogP contribution in [0.25, 0.3) is 0 Å². The average molecular weight is 250 g/mol. The number of ether oxygens (including phenoxy) is 1. The van der Waals surface area contributed by atoms with Crippen molar-refractivity contribution in [3.63, 3.8) is 0 Å². The second-order valence-corrected chi connectivity index (χ2v) is 4.35. The first-order chi connectivity index (χ1) is 8.76. The topological polar surface area (TPSA) is 24.5 Å². The Morgan fingerprint density at radius 2 is 2.17 bits per heavy atom. The van der Waals surface area contributed by atoms with Gasteiger partial charge in [-0.1, -0.05) is 6.08 Å². The Hall–Kier alpha value is -1.39. The van der Waals surface area contributed by atoms with Crippen LogP contribution in [0.2, 0.25) is 0 Å². The van der Waals surface area contributed by atoms with Gasteiger partial charge in [0.1, 0.15) is 11.6 Å². The molecular weight excluding hydrogens is 231 g/mol. The molecule has 0 aromatic heterocycles. The summed E-state index contributed by atoms with van der Waals surface area (Å²) in [6.45, 7) is 7.62. The molecule has 98 valence electrons. The van der Waals surface area contributed by atoms with Crippen molar-refractivity contribution in [1.29, 1.82) is 0 Å². The number of hydrogen-bond donors (Lipinski definition) is 1. The van der Waals surface area contributed by atoms with Gasteiger partial charge in [-0.3, -0.25) is 4.90 Å². The molecule has 1 aliphatic rings. The summed E-state index contributed by atoms with van der Waals surface area (Å²) in [4.78, 5) is 2.28. The molecule has 1 fully saturated rings. The monoisotopic (exact) mass is 250 g/mol. The predicted molar refractivity (Wildman–Crippen MR) is 70.3 cm³/mol. The number of nitrogens with one attached hydrogen (secondary N) is 1. The van der Waals surface area contributed by atoms with Crippen molar-refractivity contribution in [3.8, 4) is 5.75 Å². The molecule has 1 atom stereocenters. The highest BCUT2D eigenvalue weighted by atomic mass is 19.1. The van der Waals surface area contributed by atoms with Crippen LogP contribution < -0.4 is 10.1 Å².